The topological polar surface area (TPSA) is 38.3 Å². The van der Waals surface area contributed by atoms with Crippen LogP contribution in [0, 0.1) is 0 Å². The Morgan fingerprint density at radius 1 is 1.19 bits per heavy atom. The highest BCUT2D eigenvalue weighted by atomic mass is 35.5. The molecule has 0 saturated heterocycles. The fourth-order valence-corrected chi connectivity index (χ4v) is 3.88. The highest BCUT2D eigenvalue weighted by molar-refractivity contribution is 6.73. The van der Waals surface area contributed by atoms with Crippen molar-refractivity contribution in [2.45, 2.75) is 25.7 Å². The summed E-state index contributed by atoms with van der Waals surface area (Å²) in [5.74, 6) is 0.779. The van der Waals surface area contributed by atoms with Crippen LogP contribution in [0.25, 0.3) is 10.8 Å². The Morgan fingerprint density at radius 3 is 2.48 bits per heavy atom. The van der Waals surface area contributed by atoms with Gasteiger partial charge in [0.05, 0.1) is 18.2 Å². The van der Waals surface area contributed by atoms with Gasteiger partial charge in [-0.1, -0.05) is 55.5 Å². The number of hydrogen-bond acceptors (Lipinski definition) is 3. The van der Waals surface area contributed by atoms with Crippen molar-refractivity contribution in [2.24, 2.45) is 0 Å². The lowest BCUT2D eigenvalue weighted by Crippen LogP contribution is -2.44. The Labute approximate surface area is 131 Å². The highest BCUT2D eigenvalue weighted by Crippen LogP contribution is 2.35. The molecule has 112 valence electrons. The molecule has 0 fully saturated rings. The number of nitrogens with one attached hydrogen (secondary N) is 1. The summed E-state index contributed by atoms with van der Waals surface area (Å²) in [4.78, 5) is 14.9. The Morgan fingerprint density at radius 2 is 1.90 bits per heavy atom. The van der Waals surface area contributed by atoms with Gasteiger partial charge in [-0.05, 0) is 11.6 Å². The molecule has 0 aliphatic carbocycles. The molecule has 0 saturated carbocycles. The first-order valence-electron chi connectivity index (χ1n) is 6.85. The summed E-state index contributed by atoms with van der Waals surface area (Å²) in [5, 5.41) is 2.46. The van der Waals surface area contributed by atoms with Gasteiger partial charge in [0.15, 0.2) is 0 Å². The van der Waals surface area contributed by atoms with Crippen LogP contribution in [-0.2, 0) is 4.79 Å². The molecule has 0 aliphatic heterocycles. The maximum Gasteiger partial charge on any atom is 0.140 e. The molecule has 0 aromatic heterocycles. The van der Waals surface area contributed by atoms with E-state index >= 15 is 0 Å². The third-order valence-electron chi connectivity index (χ3n) is 3.27. The van der Waals surface area contributed by atoms with E-state index in [0.29, 0.717) is 5.02 Å². The zero-order chi connectivity index (χ0) is 15.6. The first-order valence-corrected chi connectivity index (χ1v) is 10.7. The van der Waals surface area contributed by atoms with Crippen LogP contribution in [0.15, 0.2) is 30.3 Å². The molecular formula is C16H20ClNO2Si. The molecule has 1 atom stereocenters. The number of benzene rings is 2. The smallest absolute Gasteiger partial charge is 0.140 e. The molecule has 2 rings (SSSR count). The molecular weight excluding hydrogens is 302 g/mol. The number of methoxy groups -OCH3 is 1. The van der Waals surface area contributed by atoms with Gasteiger partial charge in [0, 0.05) is 10.8 Å². The van der Waals surface area contributed by atoms with E-state index in [0.717, 1.165) is 28.4 Å². The summed E-state index contributed by atoms with van der Waals surface area (Å²) in [6.07, 6.45) is 0.922. The van der Waals surface area contributed by atoms with Crippen molar-refractivity contribution in [2.75, 3.05) is 7.11 Å². The number of fused-ring (bicyclic) bond motifs is 1. The van der Waals surface area contributed by atoms with Crippen LogP contribution < -0.4 is 9.72 Å². The van der Waals surface area contributed by atoms with Gasteiger partial charge in [-0.25, -0.2) is 0 Å². The summed E-state index contributed by atoms with van der Waals surface area (Å²) in [5.41, 5.74) is 0.815. The average Bonchev–Trinajstić information content (AvgIpc) is 2.44. The maximum atomic E-state index is 11.5. The molecule has 0 amide bonds. The summed E-state index contributed by atoms with van der Waals surface area (Å²) >= 11 is 6.53. The largest absolute Gasteiger partial charge is 0.496 e. The van der Waals surface area contributed by atoms with Crippen molar-refractivity contribution < 1.29 is 9.53 Å². The van der Waals surface area contributed by atoms with E-state index in [2.05, 4.69) is 24.6 Å². The van der Waals surface area contributed by atoms with E-state index in [-0.39, 0.29) is 6.04 Å². The van der Waals surface area contributed by atoms with E-state index < -0.39 is 8.24 Å². The van der Waals surface area contributed by atoms with E-state index in [4.69, 9.17) is 16.3 Å². The van der Waals surface area contributed by atoms with E-state index in [1.807, 2.05) is 30.3 Å². The summed E-state index contributed by atoms with van der Waals surface area (Å²) in [6.45, 7) is 6.46. The Hall–Kier alpha value is -1.36. The number of ether oxygens (including phenoxy) is 1. The molecule has 0 heterocycles. The van der Waals surface area contributed by atoms with Crippen LogP contribution in [-0.4, -0.2) is 21.6 Å². The minimum Gasteiger partial charge on any atom is -0.496 e. The Balaban J connectivity index is 2.55. The van der Waals surface area contributed by atoms with Crippen LogP contribution in [0.3, 0.4) is 0 Å². The van der Waals surface area contributed by atoms with E-state index in [1.165, 1.54) is 0 Å². The van der Waals surface area contributed by atoms with Crippen LogP contribution in [0.4, 0.5) is 0 Å². The Kier molecular flexibility index (Phi) is 4.71. The molecule has 0 radical (unpaired) electrons. The summed E-state index contributed by atoms with van der Waals surface area (Å²) < 4.78 is 5.35. The standard InChI is InChI=1S/C16H20ClNO2Si/c1-20-15-7-5-6-12-11(15)8-9-13(16(12)17)14(10-19)18-21(2,3)4/h5-10,14,18H,1-4H3. The van der Waals surface area contributed by atoms with Gasteiger partial charge >= 0.3 is 0 Å². The van der Waals surface area contributed by atoms with Gasteiger partial charge in [-0.15, -0.1) is 0 Å². The number of carbonyl (C=O) groups excluding carboxylic acids is 1. The summed E-state index contributed by atoms with van der Waals surface area (Å²) in [7, 11) is 0.0396. The van der Waals surface area contributed by atoms with Crippen molar-refractivity contribution in [1.29, 1.82) is 0 Å². The van der Waals surface area contributed by atoms with Crippen LogP contribution in [0.5, 0.6) is 5.75 Å². The predicted octanol–water partition coefficient (Wildman–Crippen LogP) is 4.17. The molecule has 21 heavy (non-hydrogen) atoms. The van der Waals surface area contributed by atoms with Crippen molar-refractivity contribution in [3.63, 3.8) is 0 Å². The van der Waals surface area contributed by atoms with Crippen LogP contribution in [0.2, 0.25) is 24.7 Å². The molecule has 0 spiro atoms. The highest BCUT2D eigenvalue weighted by Gasteiger charge is 2.23. The molecule has 3 nitrogen and oxygen atoms in total. The monoisotopic (exact) mass is 321 g/mol. The lowest BCUT2D eigenvalue weighted by Gasteiger charge is -2.24. The first-order chi connectivity index (χ1) is 9.87. The third kappa shape index (κ3) is 3.46. The van der Waals surface area contributed by atoms with Crippen molar-refractivity contribution in [3.8, 4) is 5.75 Å². The fraction of sp³-hybridized carbons (Fsp3) is 0.312. The number of halogens is 1. The van der Waals surface area contributed by atoms with E-state index in [1.54, 1.807) is 7.11 Å². The van der Waals surface area contributed by atoms with Gasteiger partial charge in [0.25, 0.3) is 0 Å². The second-order valence-corrected chi connectivity index (χ2v) is 11.2. The van der Waals surface area contributed by atoms with Crippen molar-refractivity contribution >= 4 is 36.9 Å². The number of hydrogen-bond donors (Lipinski definition) is 1. The predicted molar refractivity (Wildman–Crippen MR) is 90.8 cm³/mol. The van der Waals surface area contributed by atoms with Crippen LogP contribution >= 0.6 is 11.6 Å². The minimum atomic E-state index is -1.60. The van der Waals surface area contributed by atoms with Gasteiger partial charge in [0.1, 0.15) is 20.3 Å². The Bertz CT molecular complexity index is 667. The van der Waals surface area contributed by atoms with Crippen molar-refractivity contribution in [3.05, 3.63) is 40.9 Å². The maximum absolute atomic E-state index is 11.5. The van der Waals surface area contributed by atoms with E-state index in [9.17, 15) is 4.79 Å². The van der Waals surface area contributed by atoms with Crippen LogP contribution in [0.1, 0.15) is 11.6 Å². The number of carbonyl (C=O) groups is 1. The fourth-order valence-electron chi connectivity index (χ4n) is 2.38. The lowest BCUT2D eigenvalue weighted by molar-refractivity contribution is -0.109. The second kappa shape index (κ2) is 6.18. The second-order valence-electron chi connectivity index (χ2n) is 6.03. The van der Waals surface area contributed by atoms with Crippen molar-refractivity contribution in [1.82, 2.24) is 4.98 Å². The zero-order valence-electron chi connectivity index (χ0n) is 12.7. The molecule has 1 N–H and O–H groups in total. The zero-order valence-corrected chi connectivity index (χ0v) is 14.5. The normalized spacial score (nSPS) is 13.2. The molecule has 2 aromatic carbocycles. The first kappa shape index (κ1) is 16.0. The quantitative estimate of drug-likeness (QED) is 0.663. The summed E-state index contributed by atoms with van der Waals surface area (Å²) in [6, 6.07) is 9.23. The lowest BCUT2D eigenvalue weighted by atomic mass is 10.0. The molecule has 0 aliphatic rings. The van der Waals surface area contributed by atoms with Gasteiger partial charge in [-0.3, -0.25) is 0 Å². The van der Waals surface area contributed by atoms with Gasteiger partial charge < -0.3 is 14.5 Å². The molecule has 0 bridgehead atoms. The van der Waals surface area contributed by atoms with Gasteiger partial charge in [-0.2, -0.15) is 0 Å². The minimum absolute atomic E-state index is 0.375. The van der Waals surface area contributed by atoms with Gasteiger partial charge in [0.2, 0.25) is 0 Å². The third-order valence-corrected chi connectivity index (χ3v) is 4.86. The SMILES string of the molecule is COc1cccc2c(Cl)c(C(C=O)N[Si](C)(C)C)ccc12. The molecule has 2 aromatic rings. The average molecular weight is 322 g/mol. The number of aldehydes is 1. The molecule has 5 heteroatoms. The molecule has 1 unspecified atom stereocenters. The number of rotatable bonds is 5.